The maximum absolute atomic E-state index is 13.0. The van der Waals surface area contributed by atoms with Gasteiger partial charge in [0.05, 0.1) is 30.6 Å². The minimum Gasteiger partial charge on any atom is -0.447 e. The number of H-pyrrole nitrogens is 1. The van der Waals surface area contributed by atoms with Gasteiger partial charge in [-0.25, -0.2) is 4.79 Å². The second-order valence-electron chi connectivity index (χ2n) is 9.35. The molecule has 2 fully saturated rings. The van der Waals surface area contributed by atoms with Gasteiger partial charge in [0, 0.05) is 25.8 Å². The molecule has 1 aromatic carbocycles. The van der Waals surface area contributed by atoms with Gasteiger partial charge in [0.1, 0.15) is 6.61 Å². The molecule has 1 saturated carbocycles. The average Bonchev–Trinajstić information content (AvgIpc) is 3.41. The summed E-state index contributed by atoms with van der Waals surface area (Å²) in [5.41, 5.74) is 2.42. The molecule has 1 amide bonds. The fourth-order valence-electron chi connectivity index (χ4n) is 5.18. The molecule has 1 aliphatic heterocycles. The Morgan fingerprint density at radius 3 is 2.64 bits per heavy atom. The summed E-state index contributed by atoms with van der Waals surface area (Å²) >= 11 is 0. The highest BCUT2D eigenvalue weighted by Gasteiger charge is 2.38. The standard InChI is InChI=1S/C26H37N3O4/c1-19(31-2)17-33-26(30)29-16-6-9-23(24-14-15-27-28-24)25(29)18-32-22-12-10-21(11-13-22)20-7-4-3-5-8-20/h3-5,7-8,14-15,19,21-23,25H,6,9-13,16-18H2,1-2H3,(H,27,28)/t19-,21-,22+,23+,25-/m0/s1. The lowest BCUT2D eigenvalue weighted by Crippen LogP contribution is -2.51. The van der Waals surface area contributed by atoms with E-state index in [0.717, 1.165) is 44.2 Å². The molecular weight excluding hydrogens is 418 g/mol. The lowest BCUT2D eigenvalue weighted by Gasteiger charge is -2.41. The summed E-state index contributed by atoms with van der Waals surface area (Å²) in [6.07, 6.45) is 7.95. The first kappa shape index (κ1) is 23.8. The van der Waals surface area contributed by atoms with Crippen LogP contribution in [0.5, 0.6) is 0 Å². The lowest BCUT2D eigenvalue weighted by molar-refractivity contribution is -0.0315. The predicted octanol–water partition coefficient (Wildman–Crippen LogP) is 4.87. The number of amides is 1. The topological polar surface area (TPSA) is 76.7 Å². The number of carbonyl (C=O) groups excluding carboxylic acids is 1. The maximum atomic E-state index is 13.0. The quantitative estimate of drug-likeness (QED) is 0.614. The molecule has 0 bridgehead atoms. The third-order valence-electron chi connectivity index (χ3n) is 7.21. The smallest absolute Gasteiger partial charge is 0.410 e. The highest BCUT2D eigenvalue weighted by molar-refractivity contribution is 5.68. The van der Waals surface area contributed by atoms with E-state index in [9.17, 15) is 4.79 Å². The summed E-state index contributed by atoms with van der Waals surface area (Å²) in [5, 5.41) is 7.35. The molecule has 7 heteroatoms. The second kappa shape index (κ2) is 11.7. The number of aromatic nitrogens is 2. The summed E-state index contributed by atoms with van der Waals surface area (Å²) in [4.78, 5) is 14.8. The number of methoxy groups -OCH3 is 1. The van der Waals surface area contributed by atoms with Gasteiger partial charge in [-0.2, -0.15) is 5.10 Å². The van der Waals surface area contributed by atoms with Gasteiger partial charge >= 0.3 is 6.09 Å². The van der Waals surface area contributed by atoms with Crippen molar-refractivity contribution in [3.8, 4) is 0 Å². The molecule has 0 radical (unpaired) electrons. The van der Waals surface area contributed by atoms with E-state index in [1.54, 1.807) is 7.11 Å². The van der Waals surface area contributed by atoms with Crippen LogP contribution in [0.25, 0.3) is 0 Å². The number of benzene rings is 1. The highest BCUT2D eigenvalue weighted by atomic mass is 16.6. The van der Waals surface area contributed by atoms with Crippen molar-refractivity contribution in [2.24, 2.45) is 0 Å². The summed E-state index contributed by atoms with van der Waals surface area (Å²) in [7, 11) is 1.62. The zero-order valence-electron chi connectivity index (χ0n) is 19.8. The van der Waals surface area contributed by atoms with Crippen molar-refractivity contribution < 1.29 is 19.0 Å². The third kappa shape index (κ3) is 6.15. The van der Waals surface area contributed by atoms with Crippen molar-refractivity contribution in [2.75, 3.05) is 26.9 Å². The fraction of sp³-hybridized carbons (Fsp3) is 0.615. The number of nitrogens with zero attached hydrogens (tertiary/aromatic N) is 2. The molecule has 7 nitrogen and oxygen atoms in total. The molecule has 1 saturated heterocycles. The van der Waals surface area contributed by atoms with Crippen LogP contribution in [0.2, 0.25) is 0 Å². The number of hydrogen-bond acceptors (Lipinski definition) is 5. The van der Waals surface area contributed by atoms with Crippen LogP contribution in [0.3, 0.4) is 0 Å². The van der Waals surface area contributed by atoms with Gasteiger partial charge in [0.2, 0.25) is 0 Å². The number of hydrogen-bond donors (Lipinski definition) is 1. The number of carbonyl (C=O) groups is 1. The highest BCUT2D eigenvalue weighted by Crippen LogP contribution is 2.36. The Balaban J connectivity index is 1.37. The summed E-state index contributed by atoms with van der Waals surface area (Å²) in [6.45, 7) is 3.32. The summed E-state index contributed by atoms with van der Waals surface area (Å²) in [6, 6.07) is 12.7. The second-order valence-corrected chi connectivity index (χ2v) is 9.35. The molecule has 3 atom stereocenters. The van der Waals surface area contributed by atoms with E-state index in [4.69, 9.17) is 14.2 Å². The zero-order valence-corrected chi connectivity index (χ0v) is 19.8. The van der Waals surface area contributed by atoms with Crippen molar-refractivity contribution in [1.29, 1.82) is 0 Å². The third-order valence-corrected chi connectivity index (χ3v) is 7.21. The monoisotopic (exact) mass is 455 g/mol. The first-order valence-electron chi connectivity index (χ1n) is 12.3. The SMILES string of the molecule is CO[C@@H](C)COC(=O)N1CCC[C@H](c2cc[nH]n2)[C@@H]1CO[C@H]1CC[C@@H](c2ccccc2)CC1. The Morgan fingerprint density at radius 2 is 1.94 bits per heavy atom. The van der Waals surface area contributed by atoms with E-state index in [1.807, 2.05) is 24.1 Å². The molecular formula is C26H37N3O4. The van der Waals surface area contributed by atoms with Crippen molar-refractivity contribution in [3.05, 3.63) is 53.9 Å². The fourth-order valence-corrected chi connectivity index (χ4v) is 5.18. The van der Waals surface area contributed by atoms with Crippen LogP contribution in [0, 0.1) is 0 Å². The van der Waals surface area contributed by atoms with Crippen LogP contribution in [-0.4, -0.2) is 66.3 Å². The Morgan fingerprint density at radius 1 is 1.15 bits per heavy atom. The van der Waals surface area contributed by atoms with E-state index in [1.165, 1.54) is 5.56 Å². The molecule has 2 heterocycles. The molecule has 1 aromatic heterocycles. The minimum absolute atomic E-state index is 0.0840. The number of nitrogens with one attached hydrogen (secondary N) is 1. The Kier molecular flexibility index (Phi) is 8.40. The predicted molar refractivity (Wildman–Crippen MR) is 126 cm³/mol. The molecule has 1 N–H and O–H groups in total. The van der Waals surface area contributed by atoms with Crippen LogP contribution in [-0.2, 0) is 14.2 Å². The molecule has 4 rings (SSSR count). The van der Waals surface area contributed by atoms with Crippen molar-refractivity contribution in [1.82, 2.24) is 15.1 Å². The average molecular weight is 456 g/mol. The van der Waals surface area contributed by atoms with Gasteiger partial charge in [-0.3, -0.25) is 5.10 Å². The van der Waals surface area contributed by atoms with E-state index in [-0.39, 0.29) is 36.9 Å². The van der Waals surface area contributed by atoms with E-state index < -0.39 is 0 Å². The molecule has 0 spiro atoms. The van der Waals surface area contributed by atoms with Crippen LogP contribution in [0.1, 0.15) is 68.5 Å². The van der Waals surface area contributed by atoms with Crippen LogP contribution < -0.4 is 0 Å². The molecule has 33 heavy (non-hydrogen) atoms. The number of ether oxygens (including phenoxy) is 3. The number of rotatable bonds is 8. The van der Waals surface area contributed by atoms with Crippen molar-refractivity contribution in [2.45, 2.75) is 75.5 Å². The Bertz CT molecular complexity index is 836. The minimum atomic E-state index is -0.291. The molecule has 2 aliphatic rings. The molecule has 180 valence electrons. The first-order valence-corrected chi connectivity index (χ1v) is 12.3. The zero-order chi connectivity index (χ0) is 23.0. The molecule has 2 aromatic rings. The lowest BCUT2D eigenvalue weighted by atomic mass is 9.82. The van der Waals surface area contributed by atoms with Gasteiger partial charge in [0.25, 0.3) is 0 Å². The van der Waals surface area contributed by atoms with E-state index in [2.05, 4.69) is 40.5 Å². The van der Waals surface area contributed by atoms with Gasteiger partial charge in [-0.05, 0) is 63.0 Å². The van der Waals surface area contributed by atoms with Gasteiger partial charge in [-0.15, -0.1) is 0 Å². The van der Waals surface area contributed by atoms with Crippen LogP contribution >= 0.6 is 0 Å². The van der Waals surface area contributed by atoms with E-state index >= 15 is 0 Å². The van der Waals surface area contributed by atoms with Gasteiger partial charge in [-0.1, -0.05) is 30.3 Å². The Labute approximate surface area is 196 Å². The van der Waals surface area contributed by atoms with Crippen LogP contribution in [0.15, 0.2) is 42.6 Å². The van der Waals surface area contributed by atoms with Crippen molar-refractivity contribution in [3.63, 3.8) is 0 Å². The van der Waals surface area contributed by atoms with Gasteiger partial charge < -0.3 is 19.1 Å². The van der Waals surface area contributed by atoms with E-state index in [0.29, 0.717) is 19.1 Å². The largest absolute Gasteiger partial charge is 0.447 e. The summed E-state index contributed by atoms with van der Waals surface area (Å²) in [5.74, 6) is 0.754. The van der Waals surface area contributed by atoms with Gasteiger partial charge in [0.15, 0.2) is 0 Å². The summed E-state index contributed by atoms with van der Waals surface area (Å²) < 4.78 is 17.2. The van der Waals surface area contributed by atoms with Crippen molar-refractivity contribution >= 4 is 6.09 Å². The maximum Gasteiger partial charge on any atom is 0.410 e. The normalized spacial score (nSPS) is 26.7. The number of piperidine rings is 1. The Hall–Kier alpha value is -2.38. The number of aromatic amines is 1. The molecule has 0 unspecified atom stereocenters. The van der Waals surface area contributed by atoms with Crippen LogP contribution in [0.4, 0.5) is 4.79 Å². The first-order chi connectivity index (χ1) is 16.2. The molecule has 1 aliphatic carbocycles. The number of likely N-dealkylation sites (tertiary alicyclic amines) is 1.